The van der Waals surface area contributed by atoms with Crippen LogP contribution in [0.25, 0.3) is 0 Å². The predicted molar refractivity (Wildman–Crippen MR) is 151 cm³/mol. The number of esters is 3. The molecule has 0 radical (unpaired) electrons. The van der Waals surface area contributed by atoms with Crippen molar-refractivity contribution in [3.05, 3.63) is 76.9 Å². The molecule has 216 valence electrons. The van der Waals surface area contributed by atoms with Gasteiger partial charge in [0.15, 0.2) is 5.60 Å². The van der Waals surface area contributed by atoms with Crippen molar-refractivity contribution in [1.29, 1.82) is 0 Å². The van der Waals surface area contributed by atoms with Gasteiger partial charge in [0.25, 0.3) is 0 Å². The molecule has 0 amide bonds. The summed E-state index contributed by atoms with van der Waals surface area (Å²) >= 11 is 0. The van der Waals surface area contributed by atoms with Crippen molar-refractivity contribution >= 4 is 17.9 Å². The molecule has 2 saturated carbocycles. The molecular weight excluding hydrogens is 536 g/mol. The van der Waals surface area contributed by atoms with Crippen molar-refractivity contribution in [1.82, 2.24) is 0 Å². The van der Waals surface area contributed by atoms with Crippen LogP contribution in [0.2, 0.25) is 0 Å². The van der Waals surface area contributed by atoms with Crippen LogP contribution in [0.4, 0.5) is 0 Å². The van der Waals surface area contributed by atoms with Crippen LogP contribution in [0, 0.1) is 17.3 Å². The van der Waals surface area contributed by atoms with E-state index < -0.39 is 23.5 Å². The highest BCUT2D eigenvalue weighted by molar-refractivity contribution is 5.97. The van der Waals surface area contributed by atoms with E-state index in [1.165, 1.54) is 20.3 Å². The van der Waals surface area contributed by atoms with Crippen LogP contribution < -0.4 is 18.9 Å². The third-order valence-corrected chi connectivity index (χ3v) is 9.59. The molecule has 3 aromatic rings. The summed E-state index contributed by atoms with van der Waals surface area (Å²) in [6, 6.07) is 15.5. The summed E-state index contributed by atoms with van der Waals surface area (Å²) in [5.74, 6) is 1.55. The summed E-state index contributed by atoms with van der Waals surface area (Å²) in [6.07, 6.45) is 3.32. The van der Waals surface area contributed by atoms with Crippen molar-refractivity contribution in [3.63, 3.8) is 0 Å². The molecule has 0 aromatic heterocycles. The largest absolute Gasteiger partial charge is 0.486 e. The van der Waals surface area contributed by atoms with E-state index in [0.717, 1.165) is 12.8 Å². The molecule has 3 unspecified atom stereocenters. The van der Waals surface area contributed by atoms with Crippen molar-refractivity contribution in [2.24, 2.45) is 17.3 Å². The zero-order valence-electron chi connectivity index (χ0n) is 24.2. The molecule has 0 saturated heterocycles. The lowest BCUT2D eigenvalue weighted by Gasteiger charge is -2.37. The lowest BCUT2D eigenvalue weighted by Crippen LogP contribution is -2.33. The molecule has 4 aliphatic rings. The zero-order chi connectivity index (χ0) is 29.6. The second kappa shape index (κ2) is 8.84. The average molecular weight is 569 g/mol. The summed E-state index contributed by atoms with van der Waals surface area (Å²) in [4.78, 5) is 36.8. The van der Waals surface area contributed by atoms with Crippen LogP contribution >= 0.6 is 0 Å². The van der Waals surface area contributed by atoms with Gasteiger partial charge >= 0.3 is 17.9 Å². The topological polar surface area (TPSA) is 97.4 Å². The quantitative estimate of drug-likeness (QED) is 0.253. The van der Waals surface area contributed by atoms with Gasteiger partial charge in [0, 0.05) is 54.0 Å². The Balaban J connectivity index is 1.39. The van der Waals surface area contributed by atoms with E-state index in [9.17, 15) is 14.4 Å². The van der Waals surface area contributed by atoms with Crippen molar-refractivity contribution < 1.29 is 38.1 Å². The molecule has 2 fully saturated rings. The van der Waals surface area contributed by atoms with E-state index in [1.807, 2.05) is 12.1 Å². The monoisotopic (exact) mass is 568 g/mol. The Morgan fingerprint density at radius 2 is 1.40 bits per heavy atom. The summed E-state index contributed by atoms with van der Waals surface area (Å²) < 4.78 is 30.1. The van der Waals surface area contributed by atoms with Crippen LogP contribution in [0.1, 0.15) is 80.9 Å². The number of carbonyl (C=O) groups excluding carboxylic acids is 3. The number of benzene rings is 3. The minimum absolute atomic E-state index is 0.0544. The number of ether oxygens (including phenoxy) is 5. The Kier molecular flexibility index (Phi) is 5.59. The maximum atomic E-state index is 13.5. The molecule has 2 heterocycles. The first kappa shape index (κ1) is 26.6. The highest BCUT2D eigenvalue weighted by Crippen LogP contribution is 2.70. The molecule has 8 heteroatoms. The normalized spacial score (nSPS) is 25.1. The van der Waals surface area contributed by atoms with Crippen LogP contribution in [0.15, 0.2) is 54.6 Å². The van der Waals surface area contributed by atoms with Gasteiger partial charge < -0.3 is 23.7 Å². The number of fused-ring (bicyclic) bond motifs is 7. The number of carbonyl (C=O) groups is 3. The van der Waals surface area contributed by atoms with Gasteiger partial charge in [-0.05, 0) is 61.2 Å². The van der Waals surface area contributed by atoms with Crippen molar-refractivity contribution in [3.8, 4) is 28.7 Å². The van der Waals surface area contributed by atoms with Gasteiger partial charge in [-0.1, -0.05) is 27.2 Å². The molecule has 2 aliphatic heterocycles. The standard InChI is InChI=1S/C34H32O8/c1-18-6-13-30-32(4,5)33(30,17-18)41-23-7-10-24-27(14-23)34(42-31(24)37)25-11-8-21(38-19(2)35)15-28(25)40-29-16-22(39-20(3)36)9-12-26(29)34/h7-12,14-16,18,30H,6,13,17H2,1-5H3. The van der Waals surface area contributed by atoms with Crippen LogP contribution in [-0.4, -0.2) is 23.5 Å². The van der Waals surface area contributed by atoms with Crippen LogP contribution in [-0.2, 0) is 19.9 Å². The Labute approximate surface area is 243 Å². The predicted octanol–water partition coefficient (Wildman–Crippen LogP) is 6.70. The van der Waals surface area contributed by atoms with Gasteiger partial charge in [-0.15, -0.1) is 0 Å². The van der Waals surface area contributed by atoms with E-state index in [1.54, 1.807) is 42.5 Å². The summed E-state index contributed by atoms with van der Waals surface area (Å²) in [5.41, 5.74) is 0.641. The van der Waals surface area contributed by atoms with Crippen LogP contribution in [0.3, 0.4) is 0 Å². The summed E-state index contributed by atoms with van der Waals surface area (Å²) in [5, 5.41) is 0. The number of hydrogen-bond acceptors (Lipinski definition) is 8. The first-order valence-corrected chi connectivity index (χ1v) is 14.4. The highest BCUT2D eigenvalue weighted by atomic mass is 16.6. The lowest BCUT2D eigenvalue weighted by molar-refractivity contribution is -0.132. The molecule has 0 N–H and O–H groups in total. The fraction of sp³-hybridized carbons (Fsp3) is 0.382. The summed E-state index contributed by atoms with van der Waals surface area (Å²) in [6.45, 7) is 9.48. The molecule has 3 aromatic carbocycles. The molecule has 1 spiro atoms. The van der Waals surface area contributed by atoms with Gasteiger partial charge in [0.1, 0.15) is 34.3 Å². The molecular formula is C34H32O8. The van der Waals surface area contributed by atoms with E-state index >= 15 is 0 Å². The van der Waals surface area contributed by atoms with Gasteiger partial charge in [0.2, 0.25) is 0 Å². The molecule has 42 heavy (non-hydrogen) atoms. The first-order valence-electron chi connectivity index (χ1n) is 14.4. The fourth-order valence-corrected chi connectivity index (χ4v) is 7.63. The minimum atomic E-state index is -1.37. The van der Waals surface area contributed by atoms with Gasteiger partial charge in [-0.2, -0.15) is 0 Å². The molecule has 3 atom stereocenters. The maximum absolute atomic E-state index is 13.5. The molecule has 7 rings (SSSR count). The number of hydrogen-bond donors (Lipinski definition) is 0. The minimum Gasteiger partial charge on any atom is -0.486 e. The van der Waals surface area contributed by atoms with Gasteiger partial charge in [-0.25, -0.2) is 4.79 Å². The molecule has 2 aliphatic carbocycles. The van der Waals surface area contributed by atoms with Gasteiger partial charge in [-0.3, -0.25) is 9.59 Å². The molecule has 8 nitrogen and oxygen atoms in total. The van der Waals surface area contributed by atoms with E-state index in [4.69, 9.17) is 23.7 Å². The lowest BCUT2D eigenvalue weighted by atomic mass is 9.77. The highest BCUT2D eigenvalue weighted by Gasteiger charge is 2.74. The second-order valence-electron chi connectivity index (χ2n) is 12.5. The average Bonchev–Trinajstić information content (AvgIpc) is 3.22. The summed E-state index contributed by atoms with van der Waals surface area (Å²) in [7, 11) is 0. The Morgan fingerprint density at radius 1 is 0.810 bits per heavy atom. The van der Waals surface area contributed by atoms with Crippen molar-refractivity contribution in [2.75, 3.05) is 0 Å². The van der Waals surface area contributed by atoms with E-state index in [2.05, 4.69) is 20.8 Å². The Hall–Kier alpha value is -4.33. The van der Waals surface area contributed by atoms with Gasteiger partial charge in [0.05, 0.1) is 5.56 Å². The third kappa shape index (κ3) is 3.70. The second-order valence-corrected chi connectivity index (χ2v) is 12.5. The SMILES string of the molecule is CC(=O)Oc1ccc2c(c1)Oc1cc(OC(C)=O)ccc1C21OC(=O)c2ccc(OC34CC(C)CCC3C4(C)C)cc21. The van der Waals surface area contributed by atoms with E-state index in [-0.39, 0.29) is 22.5 Å². The van der Waals surface area contributed by atoms with E-state index in [0.29, 0.717) is 51.3 Å². The third-order valence-electron chi connectivity index (χ3n) is 9.59. The first-order chi connectivity index (χ1) is 19.9. The van der Waals surface area contributed by atoms with Crippen molar-refractivity contribution in [2.45, 2.75) is 65.1 Å². The molecule has 0 bridgehead atoms. The number of rotatable bonds is 4. The Morgan fingerprint density at radius 3 is 2.00 bits per heavy atom. The Bertz CT molecular complexity index is 1620. The fourth-order valence-electron chi connectivity index (χ4n) is 7.63. The zero-order valence-corrected chi connectivity index (χ0v) is 24.2. The maximum Gasteiger partial charge on any atom is 0.340 e. The van der Waals surface area contributed by atoms with Crippen LogP contribution in [0.5, 0.6) is 28.7 Å². The smallest absolute Gasteiger partial charge is 0.340 e.